The number of methoxy groups -OCH3 is 2. The van der Waals surface area contributed by atoms with Crippen LogP contribution in [-0.4, -0.2) is 53.6 Å². The number of nitrogens with one attached hydrogen (secondary N) is 1. The van der Waals surface area contributed by atoms with E-state index in [-0.39, 0.29) is 42.2 Å². The van der Waals surface area contributed by atoms with Gasteiger partial charge in [0.1, 0.15) is 17.3 Å². The Balaban J connectivity index is 1.86. The van der Waals surface area contributed by atoms with Crippen molar-refractivity contribution >= 4 is 29.7 Å². The highest BCUT2D eigenvalue weighted by Crippen LogP contribution is 2.42. The van der Waals surface area contributed by atoms with E-state index in [2.05, 4.69) is 14.8 Å². The number of aromatic nitrogens is 1. The molecule has 0 bridgehead atoms. The molecule has 250 valence electrons. The molecule has 1 aromatic heterocycles. The van der Waals surface area contributed by atoms with Gasteiger partial charge < -0.3 is 24.5 Å². The zero-order valence-corrected chi connectivity index (χ0v) is 27.0. The molecule has 9 nitrogen and oxygen atoms in total. The van der Waals surface area contributed by atoms with Gasteiger partial charge in [-0.2, -0.15) is 0 Å². The summed E-state index contributed by atoms with van der Waals surface area (Å²) < 4.78 is 40.0. The number of ketones is 1. The number of nitrogens with zero attached hydrogens (tertiary/aromatic N) is 1. The molecule has 4 aromatic rings. The summed E-state index contributed by atoms with van der Waals surface area (Å²) in [7, 11) is 2.37. The van der Waals surface area contributed by atoms with Crippen LogP contribution in [-0.2, 0) is 25.6 Å². The number of aliphatic hydroxyl groups excluding tert-OH is 1. The molecular formula is C37H36F2N2O7. The summed E-state index contributed by atoms with van der Waals surface area (Å²) in [6.07, 6.45) is 0.829. The van der Waals surface area contributed by atoms with Gasteiger partial charge in [0.05, 0.1) is 38.0 Å². The lowest BCUT2D eigenvalue weighted by Gasteiger charge is -2.17. The number of rotatable bonds is 13. The smallest absolute Gasteiger partial charge is 0.337 e. The first-order valence-corrected chi connectivity index (χ1v) is 15.1. The van der Waals surface area contributed by atoms with Gasteiger partial charge in [-0.05, 0) is 61.4 Å². The molecule has 0 spiro atoms. The minimum Gasteiger partial charge on any atom is -0.469 e. The number of aliphatic hydroxyl groups is 1. The van der Waals surface area contributed by atoms with E-state index in [0.29, 0.717) is 27.9 Å². The number of carbonyl (C=O) groups excluding carboxylic acids is 4. The Morgan fingerprint density at radius 3 is 2.15 bits per heavy atom. The Hall–Kier alpha value is -5.42. The number of hydrogen-bond donors (Lipinski definition) is 2. The molecule has 2 N–H and O–H groups in total. The Bertz CT molecular complexity index is 1830. The molecule has 1 heterocycles. The van der Waals surface area contributed by atoms with Gasteiger partial charge in [0.25, 0.3) is 5.91 Å². The first-order chi connectivity index (χ1) is 22.9. The zero-order chi connectivity index (χ0) is 35.0. The number of ether oxygens (including phenoxy) is 2. The third kappa shape index (κ3) is 8.29. The first-order valence-electron chi connectivity index (χ1n) is 15.1. The monoisotopic (exact) mass is 658 g/mol. The maximum Gasteiger partial charge on any atom is 0.337 e. The van der Waals surface area contributed by atoms with Crippen LogP contribution in [0.2, 0.25) is 0 Å². The van der Waals surface area contributed by atoms with E-state index < -0.39 is 41.4 Å². The molecule has 0 saturated heterocycles. The molecule has 11 heteroatoms. The second-order valence-electron chi connectivity index (χ2n) is 11.2. The van der Waals surface area contributed by atoms with Gasteiger partial charge in [-0.3, -0.25) is 14.4 Å². The molecule has 0 radical (unpaired) electrons. The standard InChI is InChI=1S/C37H36F2N2O7/c1-22(2)41-31(17-16-28(42)19-29(43)20-32(44)47-3)33(24-12-14-27(38)15-13-24)34(23-8-6-5-7-9-23)35(41)36(45)40-21-26-11-10-25(18-30(26)39)37(46)48-4/h5-18,22,29,43H,19-21H2,1-4H3,(H,40,45)/t29-/m1/s1. The number of benzene rings is 3. The van der Waals surface area contributed by atoms with Gasteiger partial charge in [0.15, 0.2) is 5.78 Å². The second kappa shape index (κ2) is 15.9. The van der Waals surface area contributed by atoms with Crippen LogP contribution in [0.5, 0.6) is 0 Å². The normalized spacial score (nSPS) is 11.8. The number of hydrogen-bond acceptors (Lipinski definition) is 7. The van der Waals surface area contributed by atoms with Crippen LogP contribution in [0.3, 0.4) is 0 Å². The van der Waals surface area contributed by atoms with Crippen LogP contribution in [0.1, 0.15) is 64.8 Å². The van der Waals surface area contributed by atoms with E-state index in [1.165, 1.54) is 50.6 Å². The van der Waals surface area contributed by atoms with Gasteiger partial charge in [0.2, 0.25) is 0 Å². The molecule has 4 rings (SSSR count). The van der Waals surface area contributed by atoms with Gasteiger partial charge in [-0.25, -0.2) is 13.6 Å². The summed E-state index contributed by atoms with van der Waals surface area (Å²) in [5, 5.41) is 13.0. The van der Waals surface area contributed by atoms with Crippen molar-refractivity contribution in [3.8, 4) is 22.3 Å². The van der Waals surface area contributed by atoms with E-state index in [4.69, 9.17) is 0 Å². The predicted octanol–water partition coefficient (Wildman–Crippen LogP) is 6.29. The SMILES string of the molecule is COC(=O)C[C@H](O)CC(=O)C=Cc1c(-c2ccc(F)cc2)c(-c2ccccc2)c(C(=O)NCc2ccc(C(=O)OC)cc2F)n1C(C)C. The van der Waals surface area contributed by atoms with Gasteiger partial charge >= 0.3 is 11.9 Å². The summed E-state index contributed by atoms with van der Waals surface area (Å²) in [5.74, 6) is -3.56. The van der Waals surface area contributed by atoms with Crippen molar-refractivity contribution in [1.29, 1.82) is 0 Å². The number of allylic oxidation sites excluding steroid dienone is 1. The molecule has 0 saturated carbocycles. The Kier molecular flexibility index (Phi) is 11.8. The van der Waals surface area contributed by atoms with Crippen LogP contribution in [0.4, 0.5) is 8.78 Å². The average Bonchev–Trinajstić information content (AvgIpc) is 3.42. The van der Waals surface area contributed by atoms with E-state index in [1.54, 1.807) is 28.8 Å². The highest BCUT2D eigenvalue weighted by atomic mass is 19.1. The molecule has 1 amide bonds. The van der Waals surface area contributed by atoms with E-state index >= 15 is 0 Å². The fourth-order valence-electron chi connectivity index (χ4n) is 5.34. The topological polar surface area (TPSA) is 124 Å². The van der Waals surface area contributed by atoms with Crippen molar-refractivity contribution in [2.45, 2.75) is 45.4 Å². The number of carbonyl (C=O) groups is 4. The molecule has 0 unspecified atom stereocenters. The van der Waals surface area contributed by atoms with Crippen LogP contribution in [0.25, 0.3) is 28.3 Å². The minimum atomic E-state index is -1.26. The maximum absolute atomic E-state index is 15.0. The average molecular weight is 659 g/mol. The minimum absolute atomic E-state index is 0.0258. The van der Waals surface area contributed by atoms with Gasteiger partial charge in [-0.1, -0.05) is 48.5 Å². The van der Waals surface area contributed by atoms with Crippen molar-refractivity contribution in [2.24, 2.45) is 0 Å². The van der Waals surface area contributed by atoms with Crippen LogP contribution >= 0.6 is 0 Å². The molecule has 0 fully saturated rings. The highest BCUT2D eigenvalue weighted by molar-refractivity contribution is 6.07. The lowest BCUT2D eigenvalue weighted by Crippen LogP contribution is -2.27. The Morgan fingerprint density at radius 1 is 0.875 bits per heavy atom. The van der Waals surface area contributed by atoms with Crippen LogP contribution in [0.15, 0.2) is 78.9 Å². The Labute approximate surface area is 276 Å². The fourth-order valence-corrected chi connectivity index (χ4v) is 5.34. The Morgan fingerprint density at radius 2 is 1.54 bits per heavy atom. The summed E-state index contributed by atoms with van der Waals surface area (Å²) in [5.41, 5.74) is 3.06. The second-order valence-corrected chi connectivity index (χ2v) is 11.2. The predicted molar refractivity (Wildman–Crippen MR) is 176 cm³/mol. The lowest BCUT2D eigenvalue weighted by molar-refractivity contribution is -0.143. The van der Waals surface area contributed by atoms with Crippen molar-refractivity contribution in [3.05, 3.63) is 113 Å². The summed E-state index contributed by atoms with van der Waals surface area (Å²) in [6, 6.07) is 18.3. The first kappa shape index (κ1) is 35.4. The van der Waals surface area contributed by atoms with Crippen LogP contribution in [0, 0.1) is 11.6 Å². The quantitative estimate of drug-likeness (QED) is 0.128. The molecule has 0 aliphatic heterocycles. The summed E-state index contributed by atoms with van der Waals surface area (Å²) in [6.45, 7) is 3.49. The number of halogens is 2. The fraction of sp³-hybridized carbons (Fsp3) is 0.243. The summed E-state index contributed by atoms with van der Waals surface area (Å²) >= 11 is 0. The molecule has 1 atom stereocenters. The zero-order valence-electron chi connectivity index (χ0n) is 27.0. The molecule has 48 heavy (non-hydrogen) atoms. The van der Waals surface area contributed by atoms with Crippen LogP contribution < -0.4 is 5.32 Å². The maximum atomic E-state index is 15.0. The third-order valence-electron chi connectivity index (χ3n) is 7.58. The van der Waals surface area contributed by atoms with E-state index in [9.17, 15) is 33.1 Å². The van der Waals surface area contributed by atoms with Crippen molar-refractivity contribution in [3.63, 3.8) is 0 Å². The number of amides is 1. The van der Waals surface area contributed by atoms with Gasteiger partial charge in [0, 0.05) is 35.7 Å². The van der Waals surface area contributed by atoms with Gasteiger partial charge in [-0.15, -0.1) is 0 Å². The van der Waals surface area contributed by atoms with Crippen molar-refractivity contribution < 1.29 is 42.5 Å². The summed E-state index contributed by atoms with van der Waals surface area (Å²) in [4.78, 5) is 50.5. The van der Waals surface area contributed by atoms with E-state index in [1.807, 2.05) is 32.0 Å². The highest BCUT2D eigenvalue weighted by Gasteiger charge is 2.29. The van der Waals surface area contributed by atoms with Crippen molar-refractivity contribution in [2.75, 3.05) is 14.2 Å². The van der Waals surface area contributed by atoms with Crippen molar-refractivity contribution in [1.82, 2.24) is 9.88 Å². The largest absolute Gasteiger partial charge is 0.469 e. The molecule has 0 aliphatic carbocycles. The van der Waals surface area contributed by atoms with E-state index in [0.717, 1.165) is 6.07 Å². The third-order valence-corrected chi connectivity index (χ3v) is 7.58. The number of esters is 2. The molecular weight excluding hydrogens is 622 g/mol. The lowest BCUT2D eigenvalue weighted by atomic mass is 9.94. The molecule has 0 aliphatic rings. The molecule has 3 aromatic carbocycles.